The monoisotopic (exact) mass is 469 g/mol. The lowest BCUT2D eigenvalue weighted by Gasteiger charge is -2.23. The minimum Gasteiger partial charge on any atom is -0.299 e. The van der Waals surface area contributed by atoms with Gasteiger partial charge in [-0.15, -0.1) is 0 Å². The van der Waals surface area contributed by atoms with Crippen LogP contribution in [0, 0.1) is 0 Å². The lowest BCUT2D eigenvalue weighted by molar-refractivity contribution is 0.807. The average Bonchev–Trinajstić information content (AvgIpc) is 3.35. The summed E-state index contributed by atoms with van der Waals surface area (Å²) >= 11 is 0. The van der Waals surface area contributed by atoms with Crippen LogP contribution in [-0.2, 0) is 0 Å². The Kier molecular flexibility index (Phi) is 11.4. The molecule has 0 atom stereocenters. The van der Waals surface area contributed by atoms with E-state index in [1.807, 2.05) is 24.7 Å². The Morgan fingerprint density at radius 3 is 1.66 bits per heavy atom. The molecule has 0 saturated carbocycles. The third-order valence-electron chi connectivity index (χ3n) is 5.34. The maximum atomic E-state index is 4.70. The lowest BCUT2D eigenvalue weighted by Crippen LogP contribution is -2.08. The molecule has 0 aliphatic heterocycles. The molecule has 4 aromatic rings. The highest BCUT2D eigenvalue weighted by atomic mass is 15.1. The zero-order valence-electron chi connectivity index (χ0n) is 22.9. The number of hydrogen-bond donors (Lipinski definition) is 0. The number of benzene rings is 2. The van der Waals surface area contributed by atoms with Crippen molar-refractivity contribution in [3.05, 3.63) is 90.5 Å². The van der Waals surface area contributed by atoms with Crippen molar-refractivity contribution >= 4 is 0 Å². The predicted molar refractivity (Wildman–Crippen MR) is 152 cm³/mol. The van der Waals surface area contributed by atoms with E-state index in [1.165, 1.54) is 40.8 Å². The summed E-state index contributed by atoms with van der Waals surface area (Å²) in [4.78, 5) is 8.88. The van der Waals surface area contributed by atoms with E-state index in [2.05, 4.69) is 120 Å². The van der Waals surface area contributed by atoms with Crippen LogP contribution in [0.2, 0.25) is 0 Å². The van der Waals surface area contributed by atoms with Crippen LogP contribution in [0.3, 0.4) is 0 Å². The van der Waals surface area contributed by atoms with Crippen molar-refractivity contribution in [2.24, 2.45) is 0 Å². The maximum Gasteiger partial charge on any atom is 0.144 e. The first-order valence-corrected chi connectivity index (χ1v) is 13.1. The number of nitrogens with zero attached hydrogens (tertiary/aromatic N) is 3. The molecule has 0 saturated heterocycles. The van der Waals surface area contributed by atoms with Gasteiger partial charge in [0.05, 0.1) is 5.69 Å². The molecule has 0 amide bonds. The van der Waals surface area contributed by atoms with Crippen LogP contribution < -0.4 is 0 Å². The van der Waals surface area contributed by atoms with Gasteiger partial charge in [-0.05, 0) is 58.4 Å². The topological polar surface area (TPSA) is 30.7 Å². The summed E-state index contributed by atoms with van der Waals surface area (Å²) in [6, 6.07) is 19.2. The average molecular weight is 470 g/mol. The molecule has 186 valence electrons. The van der Waals surface area contributed by atoms with E-state index < -0.39 is 0 Å². The largest absolute Gasteiger partial charge is 0.299 e. The van der Waals surface area contributed by atoms with Crippen molar-refractivity contribution in [1.82, 2.24) is 14.5 Å². The molecule has 0 unspecified atom stereocenters. The summed E-state index contributed by atoms with van der Waals surface area (Å²) in [5, 5.41) is 0. The molecule has 0 N–H and O–H groups in total. The first-order valence-electron chi connectivity index (χ1n) is 13.1. The highest BCUT2D eigenvalue weighted by Gasteiger charge is 2.20. The first kappa shape index (κ1) is 28.0. The van der Waals surface area contributed by atoms with Gasteiger partial charge in [0, 0.05) is 30.4 Å². The van der Waals surface area contributed by atoms with Crippen molar-refractivity contribution in [2.75, 3.05) is 0 Å². The standard InChI is InChI=1S/C26H27N3.2C3H8/c1-18(2)23-16-22(20-10-12-27-13-11-20)17-24(19(3)4)25(23)29-15-14-28-26(29)21-8-6-5-7-9-21;2*1-3-2/h5-19H,1-4H3;2*3H2,1-2H3. The fourth-order valence-corrected chi connectivity index (χ4v) is 3.83. The van der Waals surface area contributed by atoms with Crippen LogP contribution in [0.5, 0.6) is 0 Å². The summed E-state index contributed by atoms with van der Waals surface area (Å²) in [6.07, 6.45) is 10.2. The van der Waals surface area contributed by atoms with Crippen LogP contribution in [0.25, 0.3) is 28.2 Å². The van der Waals surface area contributed by atoms with Gasteiger partial charge in [-0.25, -0.2) is 4.98 Å². The van der Waals surface area contributed by atoms with Crippen LogP contribution in [0.1, 0.15) is 91.2 Å². The molecule has 0 aliphatic carbocycles. The second-order valence-electron chi connectivity index (χ2n) is 9.45. The molecule has 0 radical (unpaired) electrons. The van der Waals surface area contributed by atoms with E-state index in [-0.39, 0.29) is 0 Å². The summed E-state index contributed by atoms with van der Waals surface area (Å²) in [5.74, 6) is 1.75. The van der Waals surface area contributed by atoms with Crippen LogP contribution in [0.4, 0.5) is 0 Å². The SMILES string of the molecule is CC(C)c1cc(-c2ccncc2)cc(C(C)C)c1-n1ccnc1-c1ccccc1.CCC.CCC. The predicted octanol–water partition coefficient (Wildman–Crippen LogP) is 9.68. The van der Waals surface area contributed by atoms with E-state index in [0.29, 0.717) is 11.8 Å². The van der Waals surface area contributed by atoms with Crippen LogP contribution >= 0.6 is 0 Å². The third-order valence-corrected chi connectivity index (χ3v) is 5.34. The molecule has 0 spiro atoms. The van der Waals surface area contributed by atoms with Gasteiger partial charge in [0.1, 0.15) is 5.82 Å². The Morgan fingerprint density at radius 1 is 0.657 bits per heavy atom. The third kappa shape index (κ3) is 7.39. The molecule has 3 heteroatoms. The number of pyridine rings is 1. The van der Waals surface area contributed by atoms with Gasteiger partial charge in [-0.2, -0.15) is 0 Å². The van der Waals surface area contributed by atoms with E-state index >= 15 is 0 Å². The van der Waals surface area contributed by atoms with Crippen LogP contribution in [-0.4, -0.2) is 14.5 Å². The molecule has 0 fully saturated rings. The van der Waals surface area contributed by atoms with Crippen molar-refractivity contribution in [3.8, 4) is 28.2 Å². The highest BCUT2D eigenvalue weighted by Crippen LogP contribution is 2.37. The second kappa shape index (κ2) is 14.3. The summed E-state index contributed by atoms with van der Waals surface area (Å²) in [5.41, 5.74) is 7.48. The molecule has 35 heavy (non-hydrogen) atoms. The second-order valence-corrected chi connectivity index (χ2v) is 9.45. The Morgan fingerprint density at radius 2 is 1.17 bits per heavy atom. The normalized spacial score (nSPS) is 10.5. The fraction of sp³-hybridized carbons (Fsp3) is 0.375. The van der Waals surface area contributed by atoms with E-state index in [1.54, 1.807) is 0 Å². The molecular formula is C32H43N3. The van der Waals surface area contributed by atoms with Gasteiger partial charge in [-0.3, -0.25) is 9.55 Å². The summed E-state index contributed by atoms with van der Waals surface area (Å²) in [6.45, 7) is 17.5. The van der Waals surface area contributed by atoms with Gasteiger partial charge in [0.25, 0.3) is 0 Å². The van der Waals surface area contributed by atoms with Crippen molar-refractivity contribution in [2.45, 2.75) is 80.1 Å². The molecule has 2 aromatic carbocycles. The van der Waals surface area contributed by atoms with Gasteiger partial charge in [0.15, 0.2) is 0 Å². The lowest BCUT2D eigenvalue weighted by atomic mass is 9.88. The maximum absolute atomic E-state index is 4.70. The van der Waals surface area contributed by atoms with Crippen LogP contribution in [0.15, 0.2) is 79.4 Å². The molecule has 0 bridgehead atoms. The van der Waals surface area contributed by atoms with Crippen molar-refractivity contribution in [1.29, 1.82) is 0 Å². The Bertz CT molecular complexity index is 1090. The van der Waals surface area contributed by atoms with Gasteiger partial charge in [-0.1, -0.05) is 98.6 Å². The Hall–Kier alpha value is -3.20. The minimum absolute atomic E-state index is 0.385. The van der Waals surface area contributed by atoms with E-state index in [9.17, 15) is 0 Å². The molecule has 2 heterocycles. The van der Waals surface area contributed by atoms with E-state index in [4.69, 9.17) is 4.98 Å². The quantitative estimate of drug-likeness (QED) is 0.291. The van der Waals surface area contributed by atoms with Gasteiger partial charge >= 0.3 is 0 Å². The minimum atomic E-state index is 0.385. The van der Waals surface area contributed by atoms with Gasteiger partial charge < -0.3 is 0 Å². The van der Waals surface area contributed by atoms with Crippen molar-refractivity contribution < 1.29 is 0 Å². The number of hydrogen-bond acceptors (Lipinski definition) is 2. The fourth-order valence-electron chi connectivity index (χ4n) is 3.83. The van der Waals surface area contributed by atoms with Crippen molar-refractivity contribution in [3.63, 3.8) is 0 Å². The molecule has 3 nitrogen and oxygen atoms in total. The smallest absolute Gasteiger partial charge is 0.144 e. The highest BCUT2D eigenvalue weighted by molar-refractivity contribution is 5.71. The summed E-state index contributed by atoms with van der Waals surface area (Å²) < 4.78 is 2.26. The first-order chi connectivity index (χ1) is 16.9. The summed E-state index contributed by atoms with van der Waals surface area (Å²) in [7, 11) is 0. The Balaban J connectivity index is 0.000000655. The number of imidazole rings is 1. The van der Waals surface area contributed by atoms with E-state index in [0.717, 1.165) is 11.4 Å². The zero-order chi connectivity index (χ0) is 25.8. The molecular weight excluding hydrogens is 426 g/mol. The Labute approximate surface area is 213 Å². The molecule has 0 aliphatic rings. The molecule has 4 rings (SSSR count). The molecule has 2 aromatic heterocycles. The zero-order valence-corrected chi connectivity index (χ0v) is 22.9. The van der Waals surface area contributed by atoms with Gasteiger partial charge in [0.2, 0.25) is 0 Å². The number of aromatic nitrogens is 3. The number of rotatable bonds is 5.